The Balaban J connectivity index is 2.53. The molecular formula is C12H12ClFN2S. The third kappa shape index (κ3) is 2.35. The van der Waals surface area contributed by atoms with Crippen LogP contribution in [-0.4, -0.2) is 0 Å². The first kappa shape index (κ1) is 12.5. The molecule has 17 heavy (non-hydrogen) atoms. The van der Waals surface area contributed by atoms with Crippen LogP contribution in [0.5, 0.6) is 0 Å². The average molecular weight is 271 g/mol. The fraction of sp³-hybridized carbons (Fsp3) is 0.167. The van der Waals surface area contributed by atoms with Crippen LogP contribution < -0.4 is 11.3 Å². The molecule has 0 saturated carbocycles. The molecule has 0 fully saturated rings. The molecule has 0 aliphatic carbocycles. The van der Waals surface area contributed by atoms with Gasteiger partial charge in [0, 0.05) is 15.5 Å². The summed E-state index contributed by atoms with van der Waals surface area (Å²) in [7, 11) is 0. The van der Waals surface area contributed by atoms with Crippen LogP contribution in [-0.2, 0) is 0 Å². The zero-order valence-electron chi connectivity index (χ0n) is 9.21. The molecule has 0 aliphatic heterocycles. The molecule has 0 radical (unpaired) electrons. The summed E-state index contributed by atoms with van der Waals surface area (Å²) >= 11 is 7.63. The van der Waals surface area contributed by atoms with Crippen LogP contribution in [0, 0.1) is 12.7 Å². The van der Waals surface area contributed by atoms with Gasteiger partial charge in [0.05, 0.1) is 6.04 Å². The number of halogens is 2. The molecule has 0 saturated heterocycles. The minimum Gasteiger partial charge on any atom is -0.271 e. The number of hydrazine groups is 1. The van der Waals surface area contributed by atoms with E-state index >= 15 is 0 Å². The highest BCUT2D eigenvalue weighted by molar-refractivity contribution is 7.10. The van der Waals surface area contributed by atoms with Crippen LogP contribution in [0.1, 0.15) is 22.0 Å². The zero-order valence-corrected chi connectivity index (χ0v) is 10.8. The fourth-order valence-electron chi connectivity index (χ4n) is 1.81. The minimum atomic E-state index is -0.421. The molecule has 1 heterocycles. The van der Waals surface area contributed by atoms with E-state index < -0.39 is 6.04 Å². The maximum Gasteiger partial charge on any atom is 0.129 e. The number of thiophene rings is 1. The van der Waals surface area contributed by atoms with Gasteiger partial charge in [-0.15, -0.1) is 11.3 Å². The lowest BCUT2D eigenvalue weighted by Crippen LogP contribution is -2.29. The molecule has 0 spiro atoms. The second-order valence-corrected chi connectivity index (χ2v) is 5.19. The van der Waals surface area contributed by atoms with Crippen LogP contribution in [0.15, 0.2) is 29.6 Å². The molecule has 0 amide bonds. The van der Waals surface area contributed by atoms with Gasteiger partial charge in [-0.2, -0.15) is 0 Å². The Morgan fingerprint density at radius 2 is 2.18 bits per heavy atom. The molecule has 2 rings (SSSR count). The predicted octanol–water partition coefficient (Wildman–Crippen LogP) is 3.40. The second kappa shape index (κ2) is 5.14. The van der Waals surface area contributed by atoms with Crippen LogP contribution in [0.2, 0.25) is 5.02 Å². The number of hydrogen-bond donors (Lipinski definition) is 2. The van der Waals surface area contributed by atoms with Crippen LogP contribution in [0.4, 0.5) is 4.39 Å². The van der Waals surface area contributed by atoms with Crippen molar-refractivity contribution in [1.82, 2.24) is 5.43 Å². The smallest absolute Gasteiger partial charge is 0.129 e. The summed E-state index contributed by atoms with van der Waals surface area (Å²) in [6.07, 6.45) is 0. The van der Waals surface area contributed by atoms with Crippen molar-refractivity contribution in [2.75, 3.05) is 0 Å². The Labute approximate surface area is 108 Å². The van der Waals surface area contributed by atoms with Crippen molar-refractivity contribution in [3.05, 3.63) is 56.5 Å². The molecule has 90 valence electrons. The second-order valence-electron chi connectivity index (χ2n) is 3.67. The van der Waals surface area contributed by atoms with Crippen LogP contribution in [0.25, 0.3) is 0 Å². The number of rotatable bonds is 3. The Kier molecular flexibility index (Phi) is 3.79. The third-order valence-corrected chi connectivity index (χ3v) is 3.86. The number of nitrogens with two attached hydrogens (primary N) is 1. The number of aryl methyl sites for hydroxylation is 1. The van der Waals surface area contributed by atoms with Gasteiger partial charge in [0.1, 0.15) is 5.82 Å². The van der Waals surface area contributed by atoms with E-state index in [2.05, 4.69) is 5.43 Å². The lowest BCUT2D eigenvalue weighted by Gasteiger charge is -2.18. The van der Waals surface area contributed by atoms with Crippen molar-refractivity contribution in [1.29, 1.82) is 0 Å². The molecule has 1 atom stereocenters. The molecule has 0 bridgehead atoms. The fourth-order valence-corrected chi connectivity index (χ4v) is 2.82. The Bertz CT molecular complexity index is 507. The van der Waals surface area contributed by atoms with Crippen LogP contribution >= 0.6 is 22.9 Å². The largest absolute Gasteiger partial charge is 0.271 e. The Morgan fingerprint density at radius 1 is 1.41 bits per heavy atom. The van der Waals surface area contributed by atoms with Crippen LogP contribution in [0.3, 0.4) is 0 Å². The van der Waals surface area contributed by atoms with Gasteiger partial charge in [-0.25, -0.2) is 9.82 Å². The predicted molar refractivity (Wildman–Crippen MR) is 69.6 cm³/mol. The van der Waals surface area contributed by atoms with E-state index in [0.29, 0.717) is 10.6 Å². The summed E-state index contributed by atoms with van der Waals surface area (Å²) in [5, 5.41) is 2.32. The summed E-state index contributed by atoms with van der Waals surface area (Å²) in [6, 6.07) is 6.12. The van der Waals surface area contributed by atoms with Gasteiger partial charge >= 0.3 is 0 Å². The van der Waals surface area contributed by atoms with Gasteiger partial charge in [0.2, 0.25) is 0 Å². The van der Waals surface area contributed by atoms with Crippen molar-refractivity contribution < 1.29 is 4.39 Å². The standard InChI is InChI=1S/C12H12ClFN2S/c1-7-8(5-6-17-7)12(16-15)11-9(13)3-2-4-10(11)14/h2-6,12,16H,15H2,1H3. The molecule has 1 unspecified atom stereocenters. The number of nitrogens with one attached hydrogen (secondary N) is 1. The highest BCUT2D eigenvalue weighted by atomic mass is 35.5. The van der Waals surface area contributed by atoms with E-state index in [1.165, 1.54) is 6.07 Å². The topological polar surface area (TPSA) is 38.0 Å². The number of hydrogen-bond acceptors (Lipinski definition) is 3. The molecule has 5 heteroatoms. The maximum absolute atomic E-state index is 13.8. The van der Waals surface area contributed by atoms with E-state index in [4.69, 9.17) is 17.4 Å². The normalized spacial score (nSPS) is 12.7. The quantitative estimate of drug-likeness (QED) is 0.663. The van der Waals surface area contributed by atoms with Crippen molar-refractivity contribution in [2.24, 2.45) is 5.84 Å². The van der Waals surface area contributed by atoms with Gasteiger partial charge in [-0.1, -0.05) is 17.7 Å². The van der Waals surface area contributed by atoms with Gasteiger partial charge in [-0.05, 0) is 36.1 Å². The first-order valence-corrected chi connectivity index (χ1v) is 6.35. The van der Waals surface area contributed by atoms with E-state index in [1.54, 1.807) is 23.5 Å². The SMILES string of the molecule is Cc1sccc1C(NN)c1c(F)cccc1Cl. The Morgan fingerprint density at radius 3 is 2.71 bits per heavy atom. The van der Waals surface area contributed by atoms with Crippen molar-refractivity contribution in [3.8, 4) is 0 Å². The molecule has 2 aromatic rings. The van der Waals surface area contributed by atoms with E-state index in [0.717, 1.165) is 10.4 Å². The zero-order chi connectivity index (χ0) is 12.4. The molecule has 1 aromatic heterocycles. The van der Waals surface area contributed by atoms with Crippen molar-refractivity contribution in [3.63, 3.8) is 0 Å². The summed E-state index contributed by atoms with van der Waals surface area (Å²) in [6.45, 7) is 1.97. The molecular weight excluding hydrogens is 259 g/mol. The monoisotopic (exact) mass is 270 g/mol. The van der Waals surface area contributed by atoms with Crippen molar-refractivity contribution in [2.45, 2.75) is 13.0 Å². The van der Waals surface area contributed by atoms with E-state index in [-0.39, 0.29) is 5.82 Å². The van der Waals surface area contributed by atoms with Gasteiger partial charge in [0.15, 0.2) is 0 Å². The highest BCUT2D eigenvalue weighted by Gasteiger charge is 2.21. The lowest BCUT2D eigenvalue weighted by molar-refractivity contribution is 0.560. The maximum atomic E-state index is 13.8. The lowest BCUT2D eigenvalue weighted by atomic mass is 9.99. The van der Waals surface area contributed by atoms with Gasteiger partial charge in [0.25, 0.3) is 0 Å². The van der Waals surface area contributed by atoms with E-state index in [1.807, 2.05) is 18.4 Å². The van der Waals surface area contributed by atoms with Gasteiger partial charge in [-0.3, -0.25) is 5.84 Å². The highest BCUT2D eigenvalue weighted by Crippen LogP contribution is 2.33. The summed E-state index contributed by atoms with van der Waals surface area (Å²) in [5.74, 6) is 5.18. The summed E-state index contributed by atoms with van der Waals surface area (Å²) < 4.78 is 13.8. The third-order valence-electron chi connectivity index (χ3n) is 2.66. The molecule has 0 aliphatic rings. The summed E-state index contributed by atoms with van der Waals surface area (Å²) in [5.41, 5.74) is 3.96. The van der Waals surface area contributed by atoms with E-state index in [9.17, 15) is 4.39 Å². The first-order valence-electron chi connectivity index (χ1n) is 5.09. The minimum absolute atomic E-state index is 0.356. The Hall–Kier alpha value is -0.940. The molecule has 3 N–H and O–H groups in total. The average Bonchev–Trinajstić information content (AvgIpc) is 2.70. The summed E-state index contributed by atoms with van der Waals surface area (Å²) in [4.78, 5) is 1.09. The molecule has 2 nitrogen and oxygen atoms in total. The number of benzene rings is 1. The van der Waals surface area contributed by atoms with Crippen molar-refractivity contribution >= 4 is 22.9 Å². The molecule has 1 aromatic carbocycles. The first-order chi connectivity index (χ1) is 8.15. The van der Waals surface area contributed by atoms with Gasteiger partial charge < -0.3 is 0 Å².